The quantitative estimate of drug-likeness (QED) is 0.592. The Balaban J connectivity index is 2.11. The molecule has 0 saturated carbocycles. The van der Waals surface area contributed by atoms with Gasteiger partial charge in [-0.1, -0.05) is 0 Å². The molecule has 2 aromatic rings. The Labute approximate surface area is 147 Å². The van der Waals surface area contributed by atoms with E-state index in [-0.39, 0.29) is 0 Å². The van der Waals surface area contributed by atoms with Gasteiger partial charge >= 0.3 is 0 Å². The summed E-state index contributed by atoms with van der Waals surface area (Å²) < 4.78 is 21.1. The number of benzene rings is 2. The van der Waals surface area contributed by atoms with Crippen molar-refractivity contribution < 1.29 is 18.9 Å². The first-order valence-corrected chi connectivity index (χ1v) is 7.61. The summed E-state index contributed by atoms with van der Waals surface area (Å²) in [4.78, 5) is 4.34. The molecule has 0 aliphatic carbocycles. The van der Waals surface area contributed by atoms with E-state index in [4.69, 9.17) is 24.7 Å². The van der Waals surface area contributed by atoms with Gasteiger partial charge in [-0.25, -0.2) is 4.99 Å². The highest BCUT2D eigenvalue weighted by molar-refractivity contribution is 5.92. The van der Waals surface area contributed by atoms with Crippen molar-refractivity contribution in [2.24, 2.45) is 10.7 Å². The van der Waals surface area contributed by atoms with Crippen LogP contribution >= 0.6 is 0 Å². The molecule has 7 nitrogen and oxygen atoms in total. The summed E-state index contributed by atoms with van der Waals surface area (Å²) in [7, 11) is 6.33. The molecule has 3 N–H and O–H groups in total. The molecule has 0 aromatic heterocycles. The van der Waals surface area contributed by atoms with Crippen LogP contribution in [0.2, 0.25) is 0 Å². The monoisotopic (exact) mass is 345 g/mol. The molecule has 0 unspecified atom stereocenters. The number of aliphatic imine (C=N–C) groups is 1. The van der Waals surface area contributed by atoms with Gasteiger partial charge in [0.25, 0.3) is 0 Å². The number of nitrogens with two attached hydrogens (primary N) is 1. The van der Waals surface area contributed by atoms with E-state index in [0.29, 0.717) is 29.8 Å². The van der Waals surface area contributed by atoms with Gasteiger partial charge in [-0.2, -0.15) is 0 Å². The van der Waals surface area contributed by atoms with Crippen LogP contribution in [0.1, 0.15) is 5.56 Å². The summed E-state index contributed by atoms with van der Waals surface area (Å²) in [6.07, 6.45) is 0. The molecular formula is C18H23N3O4. The molecule has 0 saturated heterocycles. The number of methoxy groups -OCH3 is 4. The molecule has 25 heavy (non-hydrogen) atoms. The molecule has 0 fully saturated rings. The summed E-state index contributed by atoms with van der Waals surface area (Å²) >= 11 is 0. The topological polar surface area (TPSA) is 87.3 Å². The van der Waals surface area contributed by atoms with Crippen LogP contribution in [0.3, 0.4) is 0 Å². The van der Waals surface area contributed by atoms with Crippen molar-refractivity contribution >= 4 is 11.6 Å². The lowest BCUT2D eigenvalue weighted by Gasteiger charge is -2.13. The third-order valence-corrected chi connectivity index (χ3v) is 3.52. The van der Waals surface area contributed by atoms with Gasteiger partial charge in [0, 0.05) is 5.69 Å². The zero-order valence-electron chi connectivity index (χ0n) is 14.8. The van der Waals surface area contributed by atoms with Crippen molar-refractivity contribution in [1.29, 1.82) is 0 Å². The smallest absolute Gasteiger partial charge is 0.203 e. The first-order chi connectivity index (χ1) is 12.1. The second-order valence-corrected chi connectivity index (χ2v) is 5.09. The summed E-state index contributed by atoms with van der Waals surface area (Å²) in [5.41, 5.74) is 7.65. The number of ether oxygens (including phenoxy) is 4. The molecule has 0 heterocycles. The molecule has 0 aliphatic heterocycles. The van der Waals surface area contributed by atoms with Crippen LogP contribution in [0.5, 0.6) is 23.0 Å². The van der Waals surface area contributed by atoms with Gasteiger partial charge in [-0.15, -0.1) is 0 Å². The maximum Gasteiger partial charge on any atom is 0.203 e. The van der Waals surface area contributed by atoms with Crippen molar-refractivity contribution in [2.45, 2.75) is 6.54 Å². The van der Waals surface area contributed by atoms with Gasteiger partial charge in [0.1, 0.15) is 5.75 Å². The van der Waals surface area contributed by atoms with E-state index in [1.807, 2.05) is 36.4 Å². The Morgan fingerprint density at radius 2 is 1.52 bits per heavy atom. The van der Waals surface area contributed by atoms with Gasteiger partial charge in [0.05, 0.1) is 35.0 Å². The fourth-order valence-corrected chi connectivity index (χ4v) is 2.26. The van der Waals surface area contributed by atoms with Gasteiger partial charge < -0.3 is 30.0 Å². The van der Waals surface area contributed by atoms with Gasteiger partial charge in [0.15, 0.2) is 17.5 Å². The number of nitrogens with one attached hydrogen (secondary N) is 1. The molecular weight excluding hydrogens is 322 g/mol. The van der Waals surface area contributed by atoms with E-state index in [9.17, 15) is 0 Å². The van der Waals surface area contributed by atoms with E-state index in [2.05, 4.69) is 10.3 Å². The second-order valence-electron chi connectivity index (χ2n) is 5.09. The molecule has 2 rings (SSSR count). The molecule has 134 valence electrons. The minimum atomic E-state index is 0.305. The first kappa shape index (κ1) is 18.3. The lowest BCUT2D eigenvalue weighted by atomic mass is 10.2. The van der Waals surface area contributed by atoms with E-state index in [0.717, 1.165) is 17.0 Å². The van der Waals surface area contributed by atoms with Crippen molar-refractivity contribution in [2.75, 3.05) is 33.8 Å². The number of guanidine groups is 1. The maximum atomic E-state index is 5.94. The van der Waals surface area contributed by atoms with Crippen LogP contribution in [-0.2, 0) is 6.54 Å². The zero-order valence-corrected chi connectivity index (χ0v) is 14.8. The standard InChI is InChI=1S/C18H23N3O4/c1-22-14-7-5-13(6-8-14)21-18(19)20-11-12-9-15(23-2)17(25-4)16(10-12)24-3/h5-10H,11H2,1-4H3,(H3,19,20,21). The SMILES string of the molecule is COc1ccc(NC(N)=NCc2cc(OC)c(OC)c(OC)c2)cc1. The number of rotatable bonds is 7. The molecule has 0 amide bonds. The molecule has 2 aromatic carbocycles. The predicted octanol–water partition coefficient (Wildman–Crippen LogP) is 2.65. The molecule has 0 bridgehead atoms. The summed E-state index contributed by atoms with van der Waals surface area (Å²) in [6.45, 7) is 0.367. The van der Waals surface area contributed by atoms with Gasteiger partial charge in [0.2, 0.25) is 5.75 Å². The molecule has 7 heteroatoms. The van der Waals surface area contributed by atoms with Crippen molar-refractivity contribution in [3.05, 3.63) is 42.0 Å². The summed E-state index contributed by atoms with van der Waals surface area (Å²) in [5, 5.41) is 3.03. The Morgan fingerprint density at radius 3 is 2.00 bits per heavy atom. The lowest BCUT2D eigenvalue weighted by molar-refractivity contribution is 0.324. The lowest BCUT2D eigenvalue weighted by Crippen LogP contribution is -2.22. The Bertz CT molecular complexity index is 705. The molecule has 0 atom stereocenters. The van der Waals surface area contributed by atoms with Crippen LogP contribution in [0.15, 0.2) is 41.4 Å². The number of hydrogen-bond acceptors (Lipinski definition) is 5. The van der Waals surface area contributed by atoms with Crippen molar-refractivity contribution in [1.82, 2.24) is 0 Å². The summed E-state index contributed by atoms with van der Waals surface area (Å²) in [6, 6.07) is 11.1. The fourth-order valence-electron chi connectivity index (χ4n) is 2.26. The van der Waals surface area contributed by atoms with E-state index in [1.54, 1.807) is 28.4 Å². The van der Waals surface area contributed by atoms with E-state index in [1.165, 1.54) is 0 Å². The summed E-state index contributed by atoms with van der Waals surface area (Å²) in [5.74, 6) is 2.78. The fraction of sp³-hybridized carbons (Fsp3) is 0.278. The molecule has 0 aliphatic rings. The number of hydrogen-bond donors (Lipinski definition) is 2. The van der Waals surface area contributed by atoms with Crippen LogP contribution in [0.4, 0.5) is 5.69 Å². The van der Waals surface area contributed by atoms with Crippen LogP contribution in [0.25, 0.3) is 0 Å². The van der Waals surface area contributed by atoms with Crippen LogP contribution < -0.4 is 30.0 Å². The first-order valence-electron chi connectivity index (χ1n) is 7.61. The highest BCUT2D eigenvalue weighted by Crippen LogP contribution is 2.38. The van der Waals surface area contributed by atoms with Crippen molar-refractivity contribution in [3.63, 3.8) is 0 Å². The molecule has 0 spiro atoms. The predicted molar refractivity (Wildman–Crippen MR) is 98.0 cm³/mol. The third kappa shape index (κ3) is 4.69. The van der Waals surface area contributed by atoms with E-state index >= 15 is 0 Å². The minimum absolute atomic E-state index is 0.305. The molecule has 0 radical (unpaired) electrons. The number of anilines is 1. The minimum Gasteiger partial charge on any atom is -0.497 e. The van der Waals surface area contributed by atoms with Crippen molar-refractivity contribution in [3.8, 4) is 23.0 Å². The average Bonchev–Trinajstić information content (AvgIpc) is 2.65. The average molecular weight is 345 g/mol. The Kier molecular flexibility index (Phi) is 6.33. The Morgan fingerprint density at radius 1 is 0.920 bits per heavy atom. The normalized spacial score (nSPS) is 11.0. The third-order valence-electron chi connectivity index (χ3n) is 3.52. The van der Waals surface area contributed by atoms with E-state index < -0.39 is 0 Å². The largest absolute Gasteiger partial charge is 0.497 e. The Hall–Kier alpha value is -3.09. The zero-order chi connectivity index (χ0) is 18.2. The highest BCUT2D eigenvalue weighted by Gasteiger charge is 2.12. The van der Waals surface area contributed by atoms with Crippen LogP contribution in [-0.4, -0.2) is 34.4 Å². The van der Waals surface area contributed by atoms with Crippen LogP contribution in [0, 0.1) is 0 Å². The van der Waals surface area contributed by atoms with Gasteiger partial charge in [-0.05, 0) is 42.0 Å². The maximum absolute atomic E-state index is 5.94. The second kappa shape index (κ2) is 8.68. The highest BCUT2D eigenvalue weighted by atomic mass is 16.5. The van der Waals surface area contributed by atoms with Gasteiger partial charge in [-0.3, -0.25) is 0 Å². The number of nitrogens with zero attached hydrogens (tertiary/aromatic N) is 1.